The van der Waals surface area contributed by atoms with E-state index in [1.54, 1.807) is 30.0 Å². The highest BCUT2D eigenvalue weighted by molar-refractivity contribution is 7.98. The molecule has 0 aliphatic carbocycles. The van der Waals surface area contributed by atoms with Gasteiger partial charge in [-0.3, -0.25) is 9.59 Å². The molecule has 0 atom stereocenters. The first kappa shape index (κ1) is 21.6. The molecule has 0 radical (unpaired) electrons. The number of carbonyl (C=O) groups is 2. The fourth-order valence-electron chi connectivity index (χ4n) is 2.73. The molecule has 0 aliphatic rings. The Hall–Kier alpha value is -3.08. The van der Waals surface area contributed by atoms with Crippen LogP contribution in [0.5, 0.6) is 0 Å². The molecule has 0 bridgehead atoms. The summed E-state index contributed by atoms with van der Waals surface area (Å²) >= 11 is 3.08. The average molecular weight is 436 g/mol. The zero-order chi connectivity index (χ0) is 21.2. The lowest BCUT2D eigenvalue weighted by atomic mass is 10.1. The van der Waals surface area contributed by atoms with Crippen molar-refractivity contribution in [1.82, 2.24) is 10.6 Å². The third-order valence-corrected chi connectivity index (χ3v) is 6.22. The van der Waals surface area contributed by atoms with Gasteiger partial charge < -0.3 is 10.6 Å². The average Bonchev–Trinajstić information content (AvgIpc) is 3.33. The molecule has 2 amide bonds. The Labute approximate surface area is 184 Å². The largest absolute Gasteiger partial charge is 0.351 e. The Morgan fingerprint density at radius 2 is 1.77 bits per heavy atom. The van der Waals surface area contributed by atoms with Crippen LogP contribution in [0.25, 0.3) is 0 Å². The molecule has 152 valence electrons. The molecule has 2 aromatic carbocycles. The first-order chi connectivity index (χ1) is 14.7. The number of nitrogens with zero attached hydrogens (tertiary/aromatic N) is 1. The molecule has 1 aromatic heterocycles. The molecule has 3 aromatic rings. The summed E-state index contributed by atoms with van der Waals surface area (Å²) in [4.78, 5) is 24.9. The predicted molar refractivity (Wildman–Crippen MR) is 122 cm³/mol. The van der Waals surface area contributed by atoms with Gasteiger partial charge in [-0.1, -0.05) is 36.4 Å². The van der Waals surface area contributed by atoms with Crippen LogP contribution in [0.2, 0.25) is 0 Å². The lowest BCUT2D eigenvalue weighted by molar-refractivity contribution is 0.0946. The SMILES string of the molecule is N#Cc1ccccc1CSCCNC(=O)c1ccc(CNC(=O)c2cccs2)cc1. The summed E-state index contributed by atoms with van der Waals surface area (Å²) in [6.45, 7) is 0.969. The summed E-state index contributed by atoms with van der Waals surface area (Å²) in [5.41, 5.74) is 3.23. The monoisotopic (exact) mass is 435 g/mol. The first-order valence-corrected chi connectivity index (χ1v) is 11.5. The molecular weight excluding hydrogens is 414 g/mol. The number of amides is 2. The Morgan fingerprint density at radius 3 is 2.50 bits per heavy atom. The van der Waals surface area contributed by atoms with Crippen molar-refractivity contribution in [3.8, 4) is 6.07 Å². The van der Waals surface area contributed by atoms with E-state index in [1.807, 2.05) is 47.8 Å². The van der Waals surface area contributed by atoms with E-state index in [1.165, 1.54) is 11.3 Å². The standard InChI is InChI=1S/C23H21N3O2S2/c24-14-19-4-1-2-5-20(19)16-29-13-11-25-22(27)18-9-7-17(8-10-18)15-26-23(28)21-6-3-12-30-21/h1-10,12H,11,13,15-16H2,(H,25,27)(H,26,28). The van der Waals surface area contributed by atoms with E-state index in [0.29, 0.717) is 29.1 Å². The molecule has 7 heteroatoms. The lowest BCUT2D eigenvalue weighted by Crippen LogP contribution is -2.26. The maximum atomic E-state index is 12.3. The quantitative estimate of drug-likeness (QED) is 0.493. The Bertz CT molecular complexity index is 1030. The second-order valence-electron chi connectivity index (χ2n) is 6.43. The number of nitriles is 1. The molecule has 0 spiro atoms. The Balaban J connectivity index is 1.38. The van der Waals surface area contributed by atoms with E-state index in [-0.39, 0.29) is 11.8 Å². The van der Waals surface area contributed by atoms with Crippen LogP contribution in [0.4, 0.5) is 0 Å². The van der Waals surface area contributed by atoms with E-state index < -0.39 is 0 Å². The van der Waals surface area contributed by atoms with Crippen LogP contribution in [0.1, 0.15) is 36.7 Å². The molecule has 3 rings (SSSR count). The topological polar surface area (TPSA) is 82.0 Å². The first-order valence-electron chi connectivity index (χ1n) is 9.42. The van der Waals surface area contributed by atoms with Gasteiger partial charge in [0, 0.05) is 30.2 Å². The number of thiophene rings is 1. The van der Waals surface area contributed by atoms with Crippen molar-refractivity contribution in [1.29, 1.82) is 5.26 Å². The van der Waals surface area contributed by atoms with E-state index in [0.717, 1.165) is 22.6 Å². The van der Waals surface area contributed by atoms with Crippen molar-refractivity contribution in [2.75, 3.05) is 12.3 Å². The molecule has 30 heavy (non-hydrogen) atoms. The highest BCUT2D eigenvalue weighted by Gasteiger charge is 2.08. The highest BCUT2D eigenvalue weighted by atomic mass is 32.2. The third kappa shape index (κ3) is 6.21. The van der Waals surface area contributed by atoms with Crippen LogP contribution in [0.3, 0.4) is 0 Å². The van der Waals surface area contributed by atoms with Gasteiger partial charge in [-0.25, -0.2) is 0 Å². The summed E-state index contributed by atoms with van der Waals surface area (Å²) in [6.07, 6.45) is 0. The molecule has 5 nitrogen and oxygen atoms in total. The molecular formula is C23H21N3O2S2. The Kier molecular flexibility index (Phi) is 8.07. The number of carbonyl (C=O) groups excluding carboxylic acids is 2. The maximum absolute atomic E-state index is 12.3. The van der Waals surface area contributed by atoms with Gasteiger partial charge in [0.15, 0.2) is 0 Å². The van der Waals surface area contributed by atoms with Crippen molar-refractivity contribution in [3.05, 3.63) is 93.2 Å². The fraction of sp³-hybridized carbons (Fsp3) is 0.174. The second kappa shape index (κ2) is 11.2. The van der Waals surface area contributed by atoms with Crippen LogP contribution >= 0.6 is 23.1 Å². The van der Waals surface area contributed by atoms with Gasteiger partial charge in [0.2, 0.25) is 0 Å². The normalized spacial score (nSPS) is 10.2. The summed E-state index contributed by atoms with van der Waals surface area (Å²) in [7, 11) is 0. The van der Waals surface area contributed by atoms with Crippen LogP contribution in [0.15, 0.2) is 66.0 Å². The molecule has 0 saturated carbocycles. The molecule has 0 fully saturated rings. The van der Waals surface area contributed by atoms with Gasteiger partial charge in [0.05, 0.1) is 16.5 Å². The van der Waals surface area contributed by atoms with Crippen LogP contribution in [-0.4, -0.2) is 24.1 Å². The van der Waals surface area contributed by atoms with Gasteiger partial charge in [0.1, 0.15) is 0 Å². The molecule has 0 aliphatic heterocycles. The number of hydrogen-bond acceptors (Lipinski definition) is 5. The van der Waals surface area contributed by atoms with Crippen molar-refractivity contribution in [3.63, 3.8) is 0 Å². The molecule has 0 unspecified atom stereocenters. The minimum Gasteiger partial charge on any atom is -0.351 e. The number of benzene rings is 2. The zero-order valence-electron chi connectivity index (χ0n) is 16.3. The zero-order valence-corrected chi connectivity index (χ0v) is 17.9. The van der Waals surface area contributed by atoms with Crippen molar-refractivity contribution < 1.29 is 9.59 Å². The molecule has 2 N–H and O–H groups in total. The minimum atomic E-state index is -0.123. The smallest absolute Gasteiger partial charge is 0.261 e. The molecule has 0 saturated heterocycles. The highest BCUT2D eigenvalue weighted by Crippen LogP contribution is 2.15. The minimum absolute atomic E-state index is 0.0956. The summed E-state index contributed by atoms with van der Waals surface area (Å²) in [5.74, 6) is 1.29. The lowest BCUT2D eigenvalue weighted by Gasteiger charge is -2.08. The van der Waals surface area contributed by atoms with Crippen molar-refractivity contribution in [2.24, 2.45) is 0 Å². The number of thioether (sulfide) groups is 1. The summed E-state index contributed by atoms with van der Waals surface area (Å²) in [6, 6.07) is 20.6. The van der Waals surface area contributed by atoms with Crippen molar-refractivity contribution in [2.45, 2.75) is 12.3 Å². The third-order valence-electron chi connectivity index (χ3n) is 4.34. The van der Waals surface area contributed by atoms with E-state index in [2.05, 4.69) is 16.7 Å². The maximum Gasteiger partial charge on any atom is 0.261 e. The fourth-order valence-corrected chi connectivity index (χ4v) is 4.23. The number of nitrogens with one attached hydrogen (secondary N) is 2. The number of rotatable bonds is 9. The van der Waals surface area contributed by atoms with Crippen LogP contribution in [-0.2, 0) is 12.3 Å². The van der Waals surface area contributed by atoms with E-state index >= 15 is 0 Å². The second-order valence-corrected chi connectivity index (χ2v) is 8.49. The van der Waals surface area contributed by atoms with E-state index in [4.69, 9.17) is 5.26 Å². The summed E-state index contributed by atoms with van der Waals surface area (Å²) in [5, 5.41) is 16.8. The van der Waals surface area contributed by atoms with Gasteiger partial charge in [-0.15, -0.1) is 11.3 Å². The van der Waals surface area contributed by atoms with Crippen LogP contribution in [0, 0.1) is 11.3 Å². The van der Waals surface area contributed by atoms with Crippen LogP contribution < -0.4 is 10.6 Å². The van der Waals surface area contributed by atoms with Gasteiger partial charge in [-0.05, 0) is 40.8 Å². The van der Waals surface area contributed by atoms with Gasteiger partial charge in [-0.2, -0.15) is 17.0 Å². The number of hydrogen-bond donors (Lipinski definition) is 2. The van der Waals surface area contributed by atoms with Crippen molar-refractivity contribution >= 4 is 34.9 Å². The summed E-state index contributed by atoms with van der Waals surface area (Å²) < 4.78 is 0. The van der Waals surface area contributed by atoms with Gasteiger partial charge in [0.25, 0.3) is 11.8 Å². The Morgan fingerprint density at radius 1 is 0.967 bits per heavy atom. The molecule has 1 heterocycles. The van der Waals surface area contributed by atoms with Gasteiger partial charge >= 0.3 is 0 Å². The van der Waals surface area contributed by atoms with E-state index in [9.17, 15) is 9.59 Å². The predicted octanol–water partition coefficient (Wildman–Crippen LogP) is 4.21.